The minimum Gasteiger partial charge on any atom is -0.302 e. The Labute approximate surface area is 119 Å². The first kappa shape index (κ1) is 11.7. The maximum Gasteiger partial charge on any atom is 0.197 e. The maximum absolute atomic E-state index is 5.74. The predicted octanol–water partition coefficient (Wildman–Crippen LogP) is 3.09. The zero-order valence-corrected chi connectivity index (χ0v) is 11.7. The fourth-order valence-corrected chi connectivity index (χ4v) is 3.03. The van der Waals surface area contributed by atoms with Gasteiger partial charge in [0, 0.05) is 12.0 Å². The lowest BCUT2D eigenvalue weighted by Crippen LogP contribution is -2.02. The van der Waals surface area contributed by atoms with Crippen molar-refractivity contribution in [3.05, 3.63) is 23.1 Å². The molecule has 5 nitrogen and oxygen atoms in total. The Bertz CT molecular complexity index is 603. The van der Waals surface area contributed by atoms with Gasteiger partial charge in [-0.2, -0.15) is 0 Å². The van der Waals surface area contributed by atoms with Crippen LogP contribution in [-0.2, 0) is 0 Å². The third-order valence-corrected chi connectivity index (χ3v) is 4.44. The predicted molar refractivity (Wildman–Crippen MR) is 71.4 cm³/mol. The summed E-state index contributed by atoms with van der Waals surface area (Å²) in [7, 11) is 0. The molecule has 0 unspecified atom stereocenters. The van der Waals surface area contributed by atoms with Gasteiger partial charge in [0.2, 0.25) is 0 Å². The monoisotopic (exact) mass is 293 g/mol. The Kier molecular flexibility index (Phi) is 2.73. The molecule has 0 saturated heterocycles. The standard InChI is InChI=1S/C12H12ClN5S/c13-9-5-6-10(15-14-9)19-12-17-16-11(7-1-2-7)18(12)8-3-4-8/h5-8H,1-4H2. The van der Waals surface area contributed by atoms with Crippen LogP contribution in [0.1, 0.15) is 43.5 Å². The molecule has 0 N–H and O–H groups in total. The molecule has 2 aromatic heterocycles. The maximum atomic E-state index is 5.74. The lowest BCUT2D eigenvalue weighted by atomic mass is 10.4. The van der Waals surface area contributed by atoms with Crippen LogP contribution in [0.15, 0.2) is 22.3 Å². The molecule has 0 atom stereocenters. The Morgan fingerprint density at radius 3 is 2.53 bits per heavy atom. The Balaban J connectivity index is 1.65. The second-order valence-electron chi connectivity index (χ2n) is 5.01. The third kappa shape index (κ3) is 2.34. The topological polar surface area (TPSA) is 56.5 Å². The molecule has 2 saturated carbocycles. The number of nitrogens with zero attached hydrogens (tertiary/aromatic N) is 5. The smallest absolute Gasteiger partial charge is 0.197 e. The van der Waals surface area contributed by atoms with Crippen LogP contribution in [0.5, 0.6) is 0 Å². The van der Waals surface area contributed by atoms with Gasteiger partial charge in [-0.3, -0.25) is 0 Å². The summed E-state index contributed by atoms with van der Waals surface area (Å²) in [6.07, 6.45) is 4.96. The number of aromatic nitrogens is 5. The van der Waals surface area contributed by atoms with Crippen molar-refractivity contribution in [3.8, 4) is 0 Å². The first-order valence-electron chi connectivity index (χ1n) is 6.43. The second kappa shape index (κ2) is 4.45. The third-order valence-electron chi connectivity index (χ3n) is 3.35. The zero-order chi connectivity index (χ0) is 12.8. The summed E-state index contributed by atoms with van der Waals surface area (Å²) in [5.41, 5.74) is 0. The summed E-state index contributed by atoms with van der Waals surface area (Å²) in [4.78, 5) is 0. The highest BCUT2D eigenvalue weighted by Crippen LogP contribution is 2.46. The van der Waals surface area contributed by atoms with E-state index in [0.29, 0.717) is 17.1 Å². The molecule has 0 bridgehead atoms. The van der Waals surface area contributed by atoms with Crippen LogP contribution in [0.4, 0.5) is 0 Å². The number of halogens is 1. The largest absolute Gasteiger partial charge is 0.302 e. The van der Waals surface area contributed by atoms with E-state index in [2.05, 4.69) is 25.0 Å². The fraction of sp³-hybridized carbons (Fsp3) is 0.500. The van der Waals surface area contributed by atoms with Gasteiger partial charge in [0.1, 0.15) is 10.9 Å². The van der Waals surface area contributed by atoms with E-state index in [0.717, 1.165) is 16.0 Å². The van der Waals surface area contributed by atoms with Crippen LogP contribution in [0.2, 0.25) is 5.15 Å². The molecule has 0 radical (unpaired) electrons. The van der Waals surface area contributed by atoms with Gasteiger partial charge in [0.25, 0.3) is 0 Å². The Hall–Kier alpha value is -1.14. The summed E-state index contributed by atoms with van der Waals surface area (Å²) in [6, 6.07) is 4.20. The van der Waals surface area contributed by atoms with E-state index >= 15 is 0 Å². The summed E-state index contributed by atoms with van der Waals surface area (Å²) in [5.74, 6) is 1.78. The molecule has 19 heavy (non-hydrogen) atoms. The molecule has 0 aliphatic heterocycles. The molecule has 0 amide bonds. The first-order chi connectivity index (χ1) is 9.31. The molecule has 2 heterocycles. The average Bonchev–Trinajstić information content (AvgIpc) is 3.32. The molecule has 2 aliphatic carbocycles. The highest BCUT2D eigenvalue weighted by atomic mass is 35.5. The minimum atomic E-state index is 0.409. The van der Waals surface area contributed by atoms with Crippen molar-refractivity contribution in [1.82, 2.24) is 25.0 Å². The lowest BCUT2D eigenvalue weighted by molar-refractivity contribution is 0.626. The molecule has 7 heteroatoms. The summed E-state index contributed by atoms with van der Waals surface area (Å²) in [5, 5.41) is 18.8. The summed E-state index contributed by atoms with van der Waals surface area (Å²) < 4.78 is 2.30. The van der Waals surface area contributed by atoms with Crippen molar-refractivity contribution in [2.45, 2.75) is 47.8 Å². The molecule has 0 aromatic carbocycles. The van der Waals surface area contributed by atoms with Crippen LogP contribution >= 0.6 is 23.4 Å². The minimum absolute atomic E-state index is 0.409. The Morgan fingerprint density at radius 2 is 1.89 bits per heavy atom. The molecular weight excluding hydrogens is 282 g/mol. The molecule has 2 aromatic rings. The molecular formula is C12H12ClN5S. The lowest BCUT2D eigenvalue weighted by Gasteiger charge is -2.07. The van der Waals surface area contributed by atoms with Crippen molar-refractivity contribution >= 4 is 23.4 Å². The van der Waals surface area contributed by atoms with Crippen LogP contribution in [0.25, 0.3) is 0 Å². The van der Waals surface area contributed by atoms with Crippen molar-refractivity contribution < 1.29 is 0 Å². The van der Waals surface area contributed by atoms with E-state index in [1.54, 1.807) is 6.07 Å². The number of hydrogen-bond acceptors (Lipinski definition) is 5. The Morgan fingerprint density at radius 1 is 1.05 bits per heavy atom. The van der Waals surface area contributed by atoms with Crippen LogP contribution in [0, 0.1) is 0 Å². The fourth-order valence-electron chi connectivity index (χ4n) is 2.11. The molecule has 98 valence electrons. The first-order valence-corrected chi connectivity index (χ1v) is 7.62. The van der Waals surface area contributed by atoms with Gasteiger partial charge < -0.3 is 4.57 Å². The van der Waals surface area contributed by atoms with Crippen LogP contribution in [0.3, 0.4) is 0 Å². The second-order valence-corrected chi connectivity index (χ2v) is 6.39. The molecule has 2 fully saturated rings. The SMILES string of the molecule is Clc1ccc(Sc2nnc(C3CC3)n2C2CC2)nn1. The highest BCUT2D eigenvalue weighted by molar-refractivity contribution is 7.99. The van der Waals surface area contributed by atoms with Gasteiger partial charge in [-0.15, -0.1) is 20.4 Å². The number of rotatable bonds is 4. The zero-order valence-electron chi connectivity index (χ0n) is 10.2. The van der Waals surface area contributed by atoms with E-state index in [4.69, 9.17) is 11.6 Å². The normalized spacial score (nSPS) is 18.8. The summed E-state index contributed by atoms with van der Waals surface area (Å²) >= 11 is 7.26. The van der Waals surface area contributed by atoms with Gasteiger partial charge in [-0.05, 0) is 49.6 Å². The summed E-state index contributed by atoms with van der Waals surface area (Å²) in [6.45, 7) is 0. The van der Waals surface area contributed by atoms with E-state index in [1.807, 2.05) is 6.07 Å². The van der Waals surface area contributed by atoms with Gasteiger partial charge in [0.05, 0.1) is 0 Å². The van der Waals surface area contributed by atoms with E-state index < -0.39 is 0 Å². The number of hydrogen-bond donors (Lipinski definition) is 0. The van der Waals surface area contributed by atoms with Gasteiger partial charge in [-0.25, -0.2) is 0 Å². The van der Waals surface area contributed by atoms with Crippen molar-refractivity contribution in [2.24, 2.45) is 0 Å². The van der Waals surface area contributed by atoms with Crippen molar-refractivity contribution in [1.29, 1.82) is 0 Å². The van der Waals surface area contributed by atoms with Gasteiger partial charge >= 0.3 is 0 Å². The van der Waals surface area contributed by atoms with Crippen LogP contribution in [-0.4, -0.2) is 25.0 Å². The highest BCUT2D eigenvalue weighted by Gasteiger charge is 2.36. The molecule has 0 spiro atoms. The molecule has 4 rings (SSSR count). The van der Waals surface area contributed by atoms with E-state index in [-0.39, 0.29) is 0 Å². The van der Waals surface area contributed by atoms with E-state index in [1.165, 1.54) is 37.4 Å². The van der Waals surface area contributed by atoms with Crippen molar-refractivity contribution in [3.63, 3.8) is 0 Å². The van der Waals surface area contributed by atoms with Crippen LogP contribution < -0.4 is 0 Å². The average molecular weight is 294 g/mol. The quantitative estimate of drug-likeness (QED) is 0.867. The van der Waals surface area contributed by atoms with Crippen molar-refractivity contribution in [2.75, 3.05) is 0 Å². The van der Waals surface area contributed by atoms with E-state index in [9.17, 15) is 0 Å². The van der Waals surface area contributed by atoms with Gasteiger partial charge in [-0.1, -0.05) is 11.6 Å². The van der Waals surface area contributed by atoms with Gasteiger partial charge in [0.15, 0.2) is 10.3 Å². The molecule has 2 aliphatic rings.